The summed E-state index contributed by atoms with van der Waals surface area (Å²) in [6.45, 7) is 8.97. The van der Waals surface area contributed by atoms with Crippen LogP contribution in [0, 0.1) is 5.92 Å². The van der Waals surface area contributed by atoms with Crippen molar-refractivity contribution in [2.75, 3.05) is 13.2 Å². The fourth-order valence-electron chi connectivity index (χ4n) is 7.12. The van der Waals surface area contributed by atoms with Crippen molar-refractivity contribution in [1.82, 2.24) is 0 Å². The molecule has 1 unspecified atom stereocenters. The third-order valence-corrected chi connectivity index (χ3v) is 11.2. The smallest absolute Gasteiger partial charge is 0.306 e. The van der Waals surface area contributed by atoms with Gasteiger partial charge in [0.1, 0.15) is 13.2 Å². The molecule has 0 aromatic heterocycles. The molecule has 320 valence electrons. The quantitative estimate of drug-likeness (QED) is 0.0349. The van der Waals surface area contributed by atoms with Gasteiger partial charge in [0.05, 0.1) is 0 Å². The highest BCUT2D eigenvalue weighted by molar-refractivity contribution is 5.71. The Bertz CT molecular complexity index is 813. The molecule has 0 rings (SSSR count). The second kappa shape index (κ2) is 42.6. The van der Waals surface area contributed by atoms with Crippen LogP contribution in [-0.2, 0) is 28.6 Å². The second-order valence-corrected chi connectivity index (χ2v) is 16.6. The number of rotatable bonds is 43. The van der Waals surface area contributed by atoms with Crippen molar-refractivity contribution < 1.29 is 28.6 Å². The van der Waals surface area contributed by atoms with Crippen LogP contribution < -0.4 is 0 Å². The molecular weight excluding hydrogens is 673 g/mol. The van der Waals surface area contributed by atoms with Gasteiger partial charge in [-0.1, -0.05) is 227 Å². The van der Waals surface area contributed by atoms with Gasteiger partial charge in [0.25, 0.3) is 0 Å². The summed E-state index contributed by atoms with van der Waals surface area (Å²) in [5.41, 5.74) is 0. The molecule has 0 N–H and O–H groups in total. The Morgan fingerprint density at radius 3 is 0.963 bits per heavy atom. The second-order valence-electron chi connectivity index (χ2n) is 16.6. The predicted molar refractivity (Wildman–Crippen MR) is 229 cm³/mol. The zero-order valence-corrected chi connectivity index (χ0v) is 36.7. The molecule has 0 aliphatic carbocycles. The van der Waals surface area contributed by atoms with Crippen molar-refractivity contribution in [3.63, 3.8) is 0 Å². The molecule has 2 atom stereocenters. The average Bonchev–Trinajstić information content (AvgIpc) is 3.17. The molecule has 0 heterocycles. The zero-order valence-electron chi connectivity index (χ0n) is 36.7. The molecule has 6 heteroatoms. The molecule has 0 bridgehead atoms. The highest BCUT2D eigenvalue weighted by atomic mass is 16.6. The van der Waals surface area contributed by atoms with Crippen LogP contribution in [0.3, 0.4) is 0 Å². The molecule has 0 fully saturated rings. The van der Waals surface area contributed by atoms with Crippen LogP contribution in [0.25, 0.3) is 0 Å². The van der Waals surface area contributed by atoms with Crippen LogP contribution in [0.1, 0.15) is 265 Å². The molecule has 0 aliphatic heterocycles. The van der Waals surface area contributed by atoms with Crippen molar-refractivity contribution in [3.05, 3.63) is 0 Å². The molecule has 0 radical (unpaired) electrons. The van der Waals surface area contributed by atoms with Crippen molar-refractivity contribution in [2.45, 2.75) is 271 Å². The van der Waals surface area contributed by atoms with Gasteiger partial charge in [0, 0.05) is 19.3 Å². The molecule has 0 saturated heterocycles. The van der Waals surface area contributed by atoms with Crippen molar-refractivity contribution in [3.8, 4) is 0 Å². The van der Waals surface area contributed by atoms with E-state index >= 15 is 0 Å². The van der Waals surface area contributed by atoms with E-state index in [9.17, 15) is 14.4 Å². The Hall–Kier alpha value is -1.59. The molecular formula is C48H92O6. The van der Waals surface area contributed by atoms with Gasteiger partial charge in [-0.3, -0.25) is 14.4 Å². The minimum absolute atomic E-state index is 0.0643. The highest BCUT2D eigenvalue weighted by Gasteiger charge is 2.19. The summed E-state index contributed by atoms with van der Waals surface area (Å²) in [6, 6.07) is 0. The lowest BCUT2D eigenvalue weighted by Gasteiger charge is -2.18. The van der Waals surface area contributed by atoms with Gasteiger partial charge < -0.3 is 14.2 Å². The fourth-order valence-corrected chi connectivity index (χ4v) is 7.12. The Morgan fingerprint density at radius 1 is 0.370 bits per heavy atom. The fraction of sp³-hybridized carbons (Fsp3) is 0.938. The van der Waals surface area contributed by atoms with Gasteiger partial charge in [0.15, 0.2) is 6.10 Å². The minimum Gasteiger partial charge on any atom is -0.462 e. The normalized spacial score (nSPS) is 12.4. The average molecular weight is 765 g/mol. The van der Waals surface area contributed by atoms with Crippen molar-refractivity contribution >= 4 is 17.9 Å². The largest absolute Gasteiger partial charge is 0.462 e. The molecule has 0 aliphatic rings. The van der Waals surface area contributed by atoms with Gasteiger partial charge in [0.2, 0.25) is 0 Å². The molecule has 0 spiro atoms. The molecule has 6 nitrogen and oxygen atoms in total. The number of hydrogen-bond acceptors (Lipinski definition) is 6. The number of hydrogen-bond donors (Lipinski definition) is 0. The van der Waals surface area contributed by atoms with Crippen LogP contribution in [0.15, 0.2) is 0 Å². The molecule has 0 amide bonds. The summed E-state index contributed by atoms with van der Waals surface area (Å²) >= 11 is 0. The van der Waals surface area contributed by atoms with Gasteiger partial charge in [-0.25, -0.2) is 0 Å². The van der Waals surface area contributed by atoms with Crippen LogP contribution in [0.2, 0.25) is 0 Å². The number of carbonyl (C=O) groups excluding carboxylic acids is 3. The monoisotopic (exact) mass is 765 g/mol. The molecule has 0 saturated carbocycles. The summed E-state index contributed by atoms with van der Waals surface area (Å²) in [7, 11) is 0. The first-order chi connectivity index (χ1) is 26.4. The summed E-state index contributed by atoms with van der Waals surface area (Å²) in [5, 5.41) is 0. The maximum Gasteiger partial charge on any atom is 0.306 e. The highest BCUT2D eigenvalue weighted by Crippen LogP contribution is 2.17. The number of ether oxygens (including phenoxy) is 3. The van der Waals surface area contributed by atoms with Crippen molar-refractivity contribution in [1.29, 1.82) is 0 Å². The Morgan fingerprint density at radius 2 is 0.648 bits per heavy atom. The minimum atomic E-state index is -0.760. The molecule has 54 heavy (non-hydrogen) atoms. The van der Waals surface area contributed by atoms with Crippen LogP contribution in [0.4, 0.5) is 0 Å². The molecule has 0 aromatic rings. The van der Waals surface area contributed by atoms with Gasteiger partial charge in [-0.05, 0) is 25.2 Å². The summed E-state index contributed by atoms with van der Waals surface area (Å²) < 4.78 is 16.7. The van der Waals surface area contributed by atoms with E-state index in [4.69, 9.17) is 14.2 Å². The van der Waals surface area contributed by atoms with E-state index in [1.54, 1.807) is 0 Å². The van der Waals surface area contributed by atoms with Gasteiger partial charge in [-0.2, -0.15) is 0 Å². The number of carbonyl (C=O) groups is 3. The zero-order chi connectivity index (χ0) is 39.6. The maximum absolute atomic E-state index is 12.7. The number of unbranched alkanes of at least 4 members (excludes halogenated alkanes) is 29. The topological polar surface area (TPSA) is 78.9 Å². The Labute approximate surface area is 336 Å². The van der Waals surface area contributed by atoms with E-state index in [0.29, 0.717) is 19.3 Å². The first kappa shape index (κ1) is 52.4. The lowest BCUT2D eigenvalue weighted by Crippen LogP contribution is -2.30. The summed E-state index contributed by atoms with van der Waals surface area (Å²) in [4.78, 5) is 37.7. The first-order valence-corrected chi connectivity index (χ1v) is 23.9. The van der Waals surface area contributed by atoms with Crippen LogP contribution in [-0.4, -0.2) is 37.2 Å². The first-order valence-electron chi connectivity index (χ1n) is 23.9. The van der Waals surface area contributed by atoms with Gasteiger partial charge >= 0.3 is 17.9 Å². The van der Waals surface area contributed by atoms with E-state index < -0.39 is 6.10 Å². The van der Waals surface area contributed by atoms with Crippen LogP contribution >= 0.6 is 0 Å². The third kappa shape index (κ3) is 40.1. The lowest BCUT2D eigenvalue weighted by atomic mass is 10.00. The van der Waals surface area contributed by atoms with E-state index in [1.165, 1.54) is 161 Å². The third-order valence-electron chi connectivity index (χ3n) is 11.2. The van der Waals surface area contributed by atoms with Crippen molar-refractivity contribution in [2.24, 2.45) is 5.92 Å². The Balaban J connectivity index is 4.29. The molecule has 0 aromatic carbocycles. The van der Waals surface area contributed by atoms with E-state index in [0.717, 1.165) is 63.7 Å². The van der Waals surface area contributed by atoms with Crippen LogP contribution in [0.5, 0.6) is 0 Å². The summed E-state index contributed by atoms with van der Waals surface area (Å²) in [5.74, 6) is -0.0443. The van der Waals surface area contributed by atoms with E-state index in [1.807, 2.05) is 0 Å². The van der Waals surface area contributed by atoms with E-state index in [2.05, 4.69) is 27.7 Å². The SMILES string of the molecule is CCCCCCCCCCCCCCCCCC(=O)OC[C@H](COC(=O)CCCCCCCCCCCCC)OC(=O)CCCCCCCCC(C)CC. The predicted octanol–water partition coefficient (Wildman–Crippen LogP) is 15.1. The number of esters is 3. The van der Waals surface area contributed by atoms with E-state index in [-0.39, 0.29) is 31.1 Å². The Kier molecular flexibility index (Phi) is 41.3. The summed E-state index contributed by atoms with van der Waals surface area (Å²) in [6.07, 6.45) is 42.3. The van der Waals surface area contributed by atoms with Gasteiger partial charge in [-0.15, -0.1) is 0 Å². The lowest BCUT2D eigenvalue weighted by molar-refractivity contribution is -0.167. The maximum atomic E-state index is 12.7. The standard InChI is InChI=1S/C48H92O6/c1-5-8-10-12-14-16-18-19-20-21-23-25-27-32-36-40-47(50)53-43-45(54-48(51)41-37-33-29-28-30-34-38-44(4)7-3)42-52-46(49)39-35-31-26-24-22-17-15-13-11-9-6-2/h44-45H,5-43H2,1-4H3/t44?,45-/m0/s1.